The Morgan fingerprint density at radius 3 is 2.85 bits per heavy atom. The first-order valence-corrected chi connectivity index (χ1v) is 6.64. The second-order valence-corrected chi connectivity index (χ2v) is 4.82. The topological polar surface area (TPSA) is 52.6 Å². The maximum absolute atomic E-state index is 13.8. The van der Waals surface area contributed by atoms with Crippen LogP contribution in [0, 0.1) is 11.7 Å². The fraction of sp³-hybridized carbons (Fsp3) is 0.429. The SMILES string of the molecule is CCOC(=O)C1CCc2c(cc(F)c(OC)c2Cl)C1=O. The van der Waals surface area contributed by atoms with Gasteiger partial charge in [0.05, 0.1) is 18.7 Å². The molecule has 0 N–H and O–H groups in total. The highest BCUT2D eigenvalue weighted by Gasteiger charge is 2.36. The number of rotatable bonds is 3. The van der Waals surface area contributed by atoms with E-state index in [-0.39, 0.29) is 22.9 Å². The lowest BCUT2D eigenvalue weighted by Gasteiger charge is -2.23. The number of hydrogen-bond donors (Lipinski definition) is 0. The molecule has 1 aliphatic carbocycles. The van der Waals surface area contributed by atoms with Gasteiger partial charge >= 0.3 is 5.97 Å². The number of carbonyl (C=O) groups excluding carboxylic acids is 2. The Kier molecular flexibility index (Phi) is 4.28. The van der Waals surface area contributed by atoms with Crippen molar-refractivity contribution in [3.63, 3.8) is 0 Å². The van der Waals surface area contributed by atoms with Crippen LogP contribution in [0.3, 0.4) is 0 Å². The first kappa shape index (κ1) is 14.8. The van der Waals surface area contributed by atoms with E-state index in [0.717, 1.165) is 6.07 Å². The van der Waals surface area contributed by atoms with Crippen LogP contribution in [0.1, 0.15) is 29.3 Å². The zero-order valence-corrected chi connectivity index (χ0v) is 11.9. The summed E-state index contributed by atoms with van der Waals surface area (Å²) < 4.78 is 23.6. The zero-order chi connectivity index (χ0) is 14.9. The number of ketones is 1. The minimum absolute atomic E-state index is 0.0761. The van der Waals surface area contributed by atoms with Crippen molar-refractivity contribution in [3.8, 4) is 5.75 Å². The van der Waals surface area contributed by atoms with Gasteiger partial charge in [-0.3, -0.25) is 9.59 Å². The van der Waals surface area contributed by atoms with Gasteiger partial charge in [0.2, 0.25) is 0 Å². The van der Waals surface area contributed by atoms with E-state index in [4.69, 9.17) is 21.1 Å². The van der Waals surface area contributed by atoms with E-state index in [1.165, 1.54) is 7.11 Å². The summed E-state index contributed by atoms with van der Waals surface area (Å²) in [7, 11) is 1.31. The monoisotopic (exact) mass is 300 g/mol. The third-order valence-electron chi connectivity index (χ3n) is 3.32. The minimum Gasteiger partial charge on any atom is -0.492 e. The number of methoxy groups -OCH3 is 1. The van der Waals surface area contributed by atoms with Crippen molar-refractivity contribution in [3.05, 3.63) is 28.0 Å². The van der Waals surface area contributed by atoms with Gasteiger partial charge in [-0.15, -0.1) is 0 Å². The maximum Gasteiger partial charge on any atom is 0.316 e. The van der Waals surface area contributed by atoms with Crippen LogP contribution in [-0.2, 0) is 16.0 Å². The van der Waals surface area contributed by atoms with E-state index in [9.17, 15) is 14.0 Å². The molecule has 0 aromatic heterocycles. The number of fused-ring (bicyclic) bond motifs is 1. The van der Waals surface area contributed by atoms with E-state index in [2.05, 4.69) is 0 Å². The molecule has 1 aromatic carbocycles. The highest BCUT2D eigenvalue weighted by molar-refractivity contribution is 6.33. The molecule has 0 saturated heterocycles. The van der Waals surface area contributed by atoms with Gasteiger partial charge in [0.1, 0.15) is 5.92 Å². The molecular formula is C14H14ClFO4. The van der Waals surface area contributed by atoms with Gasteiger partial charge in [0.15, 0.2) is 17.3 Å². The molecule has 0 saturated carbocycles. The summed E-state index contributed by atoms with van der Waals surface area (Å²) >= 11 is 6.05. The highest BCUT2D eigenvalue weighted by atomic mass is 35.5. The van der Waals surface area contributed by atoms with Gasteiger partial charge in [0.25, 0.3) is 0 Å². The number of carbonyl (C=O) groups is 2. The summed E-state index contributed by atoms with van der Waals surface area (Å²) in [5.74, 6) is -2.70. The van der Waals surface area contributed by atoms with Crippen molar-refractivity contribution < 1.29 is 23.5 Å². The van der Waals surface area contributed by atoms with Gasteiger partial charge in [0, 0.05) is 5.56 Å². The number of esters is 1. The normalized spacial score (nSPS) is 17.6. The predicted molar refractivity (Wildman–Crippen MR) is 70.7 cm³/mol. The molecule has 0 spiro atoms. The molecule has 0 heterocycles. The Morgan fingerprint density at radius 2 is 2.25 bits per heavy atom. The summed E-state index contributed by atoms with van der Waals surface area (Å²) in [6.07, 6.45) is 0.708. The summed E-state index contributed by atoms with van der Waals surface area (Å²) in [5, 5.41) is 0.0955. The van der Waals surface area contributed by atoms with Crippen LogP contribution in [0.25, 0.3) is 0 Å². The van der Waals surface area contributed by atoms with Crippen LogP contribution in [0.2, 0.25) is 5.02 Å². The molecule has 4 nitrogen and oxygen atoms in total. The van der Waals surface area contributed by atoms with E-state index < -0.39 is 23.5 Å². The van der Waals surface area contributed by atoms with E-state index in [1.54, 1.807) is 6.92 Å². The van der Waals surface area contributed by atoms with Crippen molar-refractivity contribution in [2.45, 2.75) is 19.8 Å². The number of halogens is 2. The van der Waals surface area contributed by atoms with Crippen molar-refractivity contribution in [1.29, 1.82) is 0 Å². The standard InChI is InChI=1S/C14H14ClFO4/c1-3-20-14(18)8-5-4-7-9(12(8)17)6-10(16)13(19-2)11(7)15/h6,8H,3-5H2,1-2H3. The molecule has 1 aliphatic rings. The first-order valence-electron chi connectivity index (χ1n) is 6.26. The molecule has 1 unspecified atom stereocenters. The number of Topliss-reactive ketones (excluding diaryl/α,β-unsaturated/α-hetero) is 1. The van der Waals surface area contributed by atoms with Crippen LogP contribution in [0.5, 0.6) is 5.75 Å². The third kappa shape index (κ3) is 2.38. The summed E-state index contributed by atoms with van der Waals surface area (Å²) in [5.41, 5.74) is 0.660. The highest BCUT2D eigenvalue weighted by Crippen LogP contribution is 2.38. The molecule has 2 rings (SSSR count). The molecule has 6 heteroatoms. The Bertz CT molecular complexity index is 571. The van der Waals surface area contributed by atoms with Crippen LogP contribution in [-0.4, -0.2) is 25.5 Å². The molecule has 20 heavy (non-hydrogen) atoms. The van der Waals surface area contributed by atoms with Crippen molar-refractivity contribution in [2.75, 3.05) is 13.7 Å². The molecule has 0 aliphatic heterocycles. The molecule has 0 amide bonds. The lowest BCUT2D eigenvalue weighted by molar-refractivity contribution is -0.146. The van der Waals surface area contributed by atoms with E-state index in [1.807, 2.05) is 0 Å². The lowest BCUT2D eigenvalue weighted by atomic mass is 9.82. The van der Waals surface area contributed by atoms with Gasteiger partial charge in [-0.1, -0.05) is 11.6 Å². The summed E-state index contributed by atoms with van der Waals surface area (Å²) in [6.45, 7) is 1.87. The van der Waals surface area contributed by atoms with Crippen LogP contribution >= 0.6 is 11.6 Å². The van der Waals surface area contributed by atoms with E-state index in [0.29, 0.717) is 18.4 Å². The minimum atomic E-state index is -0.883. The fourth-order valence-electron chi connectivity index (χ4n) is 2.37. The molecule has 1 atom stereocenters. The smallest absolute Gasteiger partial charge is 0.316 e. The van der Waals surface area contributed by atoms with Gasteiger partial charge in [-0.2, -0.15) is 0 Å². The predicted octanol–water partition coefficient (Wildman–Crippen LogP) is 2.80. The van der Waals surface area contributed by atoms with Gasteiger partial charge in [-0.05, 0) is 31.4 Å². The number of benzene rings is 1. The second-order valence-electron chi connectivity index (χ2n) is 4.44. The number of ether oxygens (including phenoxy) is 2. The Labute approximate surface area is 120 Å². The molecule has 0 bridgehead atoms. The maximum atomic E-state index is 13.8. The molecule has 0 radical (unpaired) electrons. The molecule has 0 fully saturated rings. The van der Waals surface area contributed by atoms with Crippen LogP contribution < -0.4 is 4.74 Å². The third-order valence-corrected chi connectivity index (χ3v) is 3.72. The molecule has 108 valence electrons. The first-order chi connectivity index (χ1) is 9.51. The van der Waals surface area contributed by atoms with Crippen molar-refractivity contribution >= 4 is 23.4 Å². The van der Waals surface area contributed by atoms with Crippen molar-refractivity contribution in [2.24, 2.45) is 5.92 Å². The Hall–Kier alpha value is -1.62. The Balaban J connectivity index is 2.43. The van der Waals surface area contributed by atoms with E-state index >= 15 is 0 Å². The zero-order valence-electron chi connectivity index (χ0n) is 11.2. The summed E-state index contributed by atoms with van der Waals surface area (Å²) in [6, 6.07) is 1.08. The molecular weight excluding hydrogens is 287 g/mol. The van der Waals surface area contributed by atoms with Crippen LogP contribution in [0.15, 0.2) is 6.07 Å². The lowest BCUT2D eigenvalue weighted by Crippen LogP contribution is -2.31. The molecule has 1 aromatic rings. The van der Waals surface area contributed by atoms with Crippen LogP contribution in [0.4, 0.5) is 4.39 Å². The largest absolute Gasteiger partial charge is 0.492 e. The van der Waals surface area contributed by atoms with Gasteiger partial charge < -0.3 is 9.47 Å². The summed E-state index contributed by atoms with van der Waals surface area (Å²) in [4.78, 5) is 24.0. The Morgan fingerprint density at radius 1 is 1.55 bits per heavy atom. The average Bonchev–Trinajstić information content (AvgIpc) is 2.41. The second kappa shape index (κ2) is 5.79. The number of hydrogen-bond acceptors (Lipinski definition) is 4. The average molecular weight is 301 g/mol. The van der Waals surface area contributed by atoms with Crippen molar-refractivity contribution in [1.82, 2.24) is 0 Å². The fourth-order valence-corrected chi connectivity index (χ4v) is 2.73. The van der Waals surface area contributed by atoms with Gasteiger partial charge in [-0.25, -0.2) is 4.39 Å². The quantitative estimate of drug-likeness (QED) is 0.636.